The standard InChI is InChI=1S/C8H19N3/c9-4-6-1-2-7(5-10)8(11)3-6/h6-8H,1-5,9-11H2. The summed E-state index contributed by atoms with van der Waals surface area (Å²) in [6.07, 6.45) is 3.45. The lowest BCUT2D eigenvalue weighted by atomic mass is 9.79. The van der Waals surface area contributed by atoms with Crippen LogP contribution >= 0.6 is 0 Å². The molecule has 0 saturated heterocycles. The first-order chi connectivity index (χ1) is 5.27. The number of hydrogen-bond acceptors (Lipinski definition) is 3. The third kappa shape index (κ3) is 2.15. The van der Waals surface area contributed by atoms with Gasteiger partial charge < -0.3 is 17.2 Å². The minimum atomic E-state index is 0.294. The summed E-state index contributed by atoms with van der Waals surface area (Å²) in [5.41, 5.74) is 17.1. The highest BCUT2D eigenvalue weighted by Crippen LogP contribution is 2.26. The van der Waals surface area contributed by atoms with Crippen molar-refractivity contribution in [2.45, 2.75) is 25.3 Å². The van der Waals surface area contributed by atoms with Gasteiger partial charge >= 0.3 is 0 Å². The van der Waals surface area contributed by atoms with E-state index in [0.717, 1.165) is 19.5 Å². The predicted octanol–water partition coefficient (Wildman–Crippen LogP) is -0.353. The van der Waals surface area contributed by atoms with Gasteiger partial charge in [-0.2, -0.15) is 0 Å². The van der Waals surface area contributed by atoms with Crippen molar-refractivity contribution in [3.63, 3.8) is 0 Å². The molecule has 0 bridgehead atoms. The quantitative estimate of drug-likeness (QED) is 0.512. The van der Waals surface area contributed by atoms with E-state index in [2.05, 4.69) is 0 Å². The van der Waals surface area contributed by atoms with E-state index in [4.69, 9.17) is 17.2 Å². The zero-order valence-electron chi connectivity index (χ0n) is 7.00. The van der Waals surface area contributed by atoms with Gasteiger partial charge in [0.15, 0.2) is 0 Å². The normalized spacial score (nSPS) is 39.0. The third-order valence-corrected chi connectivity index (χ3v) is 2.79. The van der Waals surface area contributed by atoms with Crippen LogP contribution in [0.2, 0.25) is 0 Å². The highest BCUT2D eigenvalue weighted by Gasteiger charge is 2.25. The summed E-state index contributed by atoms with van der Waals surface area (Å²) in [5, 5.41) is 0. The molecular weight excluding hydrogens is 138 g/mol. The molecule has 3 heteroatoms. The van der Waals surface area contributed by atoms with E-state index < -0.39 is 0 Å². The predicted molar refractivity (Wildman–Crippen MR) is 46.9 cm³/mol. The molecule has 3 unspecified atom stereocenters. The fraction of sp³-hybridized carbons (Fsp3) is 1.00. The van der Waals surface area contributed by atoms with Crippen LogP contribution in [0.15, 0.2) is 0 Å². The van der Waals surface area contributed by atoms with E-state index in [0.29, 0.717) is 17.9 Å². The Bertz CT molecular complexity index is 116. The van der Waals surface area contributed by atoms with E-state index in [-0.39, 0.29) is 0 Å². The molecule has 66 valence electrons. The fourth-order valence-electron chi connectivity index (χ4n) is 1.87. The van der Waals surface area contributed by atoms with Gasteiger partial charge in [0, 0.05) is 6.04 Å². The second-order valence-corrected chi connectivity index (χ2v) is 3.57. The van der Waals surface area contributed by atoms with Crippen LogP contribution in [-0.4, -0.2) is 19.1 Å². The first-order valence-electron chi connectivity index (χ1n) is 4.43. The van der Waals surface area contributed by atoms with Crippen molar-refractivity contribution in [1.29, 1.82) is 0 Å². The van der Waals surface area contributed by atoms with E-state index in [9.17, 15) is 0 Å². The van der Waals surface area contributed by atoms with E-state index in [1.54, 1.807) is 0 Å². The second kappa shape index (κ2) is 4.04. The maximum absolute atomic E-state index is 5.92. The lowest BCUT2D eigenvalue weighted by Crippen LogP contribution is -2.41. The summed E-state index contributed by atoms with van der Waals surface area (Å²) < 4.78 is 0. The molecule has 0 aromatic rings. The molecule has 1 aliphatic carbocycles. The Morgan fingerprint density at radius 3 is 2.27 bits per heavy atom. The van der Waals surface area contributed by atoms with Gasteiger partial charge in [-0.1, -0.05) is 0 Å². The molecule has 6 N–H and O–H groups in total. The minimum absolute atomic E-state index is 0.294. The molecule has 1 fully saturated rings. The first kappa shape index (κ1) is 8.97. The molecule has 1 rings (SSSR count). The van der Waals surface area contributed by atoms with Crippen LogP contribution in [0.1, 0.15) is 19.3 Å². The molecule has 3 atom stereocenters. The highest BCUT2D eigenvalue weighted by atomic mass is 14.7. The molecule has 11 heavy (non-hydrogen) atoms. The maximum Gasteiger partial charge on any atom is 0.00823 e. The lowest BCUT2D eigenvalue weighted by Gasteiger charge is -2.32. The Kier molecular flexibility index (Phi) is 3.30. The van der Waals surface area contributed by atoms with Crippen LogP contribution in [0.3, 0.4) is 0 Å². The number of hydrogen-bond donors (Lipinski definition) is 3. The van der Waals surface area contributed by atoms with Crippen molar-refractivity contribution in [2.75, 3.05) is 13.1 Å². The van der Waals surface area contributed by atoms with E-state index >= 15 is 0 Å². The van der Waals surface area contributed by atoms with Crippen LogP contribution < -0.4 is 17.2 Å². The summed E-state index contributed by atoms with van der Waals surface area (Å²) in [7, 11) is 0. The van der Waals surface area contributed by atoms with Crippen LogP contribution in [-0.2, 0) is 0 Å². The minimum Gasteiger partial charge on any atom is -0.330 e. The molecule has 3 nitrogen and oxygen atoms in total. The summed E-state index contributed by atoms with van der Waals surface area (Å²) in [6.45, 7) is 1.52. The molecule has 0 aromatic heterocycles. The molecule has 0 radical (unpaired) electrons. The van der Waals surface area contributed by atoms with Gasteiger partial charge in [0.05, 0.1) is 0 Å². The molecule has 0 aliphatic heterocycles. The molecule has 0 aromatic carbocycles. The molecule has 0 amide bonds. The lowest BCUT2D eigenvalue weighted by molar-refractivity contribution is 0.247. The van der Waals surface area contributed by atoms with Gasteiger partial charge in [0.25, 0.3) is 0 Å². The maximum atomic E-state index is 5.92. The van der Waals surface area contributed by atoms with Gasteiger partial charge in [-0.15, -0.1) is 0 Å². The Balaban J connectivity index is 2.34. The second-order valence-electron chi connectivity index (χ2n) is 3.57. The Morgan fingerprint density at radius 1 is 1.09 bits per heavy atom. The summed E-state index contributed by atoms with van der Waals surface area (Å²) in [4.78, 5) is 0. The van der Waals surface area contributed by atoms with Crippen molar-refractivity contribution in [2.24, 2.45) is 29.0 Å². The van der Waals surface area contributed by atoms with Gasteiger partial charge in [0.1, 0.15) is 0 Å². The van der Waals surface area contributed by atoms with Crippen molar-refractivity contribution in [1.82, 2.24) is 0 Å². The van der Waals surface area contributed by atoms with Crippen molar-refractivity contribution in [3.05, 3.63) is 0 Å². The van der Waals surface area contributed by atoms with Gasteiger partial charge in [-0.3, -0.25) is 0 Å². The van der Waals surface area contributed by atoms with Gasteiger partial charge in [0.2, 0.25) is 0 Å². The average molecular weight is 157 g/mol. The van der Waals surface area contributed by atoms with E-state index in [1.807, 2.05) is 0 Å². The van der Waals surface area contributed by atoms with Crippen molar-refractivity contribution in [3.8, 4) is 0 Å². The van der Waals surface area contributed by atoms with Gasteiger partial charge in [-0.25, -0.2) is 0 Å². The topological polar surface area (TPSA) is 78.1 Å². The van der Waals surface area contributed by atoms with E-state index in [1.165, 1.54) is 12.8 Å². The zero-order valence-corrected chi connectivity index (χ0v) is 7.00. The third-order valence-electron chi connectivity index (χ3n) is 2.79. The summed E-state index contributed by atoms with van der Waals surface area (Å²) >= 11 is 0. The summed E-state index contributed by atoms with van der Waals surface area (Å²) in [6, 6.07) is 0.294. The molecule has 1 saturated carbocycles. The zero-order chi connectivity index (χ0) is 8.27. The highest BCUT2D eigenvalue weighted by molar-refractivity contribution is 4.83. The number of nitrogens with two attached hydrogens (primary N) is 3. The van der Waals surface area contributed by atoms with Gasteiger partial charge in [-0.05, 0) is 44.2 Å². The first-order valence-corrected chi connectivity index (χ1v) is 4.43. The van der Waals surface area contributed by atoms with Crippen LogP contribution in [0.5, 0.6) is 0 Å². The fourth-order valence-corrected chi connectivity index (χ4v) is 1.87. The summed E-state index contributed by atoms with van der Waals surface area (Å²) in [5.74, 6) is 1.19. The molecule has 0 spiro atoms. The SMILES string of the molecule is NCC1CCC(CN)C(N)C1. The monoisotopic (exact) mass is 157 g/mol. The molecule has 1 aliphatic rings. The Morgan fingerprint density at radius 2 is 1.82 bits per heavy atom. The Hall–Kier alpha value is -0.120. The number of rotatable bonds is 2. The largest absolute Gasteiger partial charge is 0.330 e. The van der Waals surface area contributed by atoms with Crippen LogP contribution in [0, 0.1) is 11.8 Å². The van der Waals surface area contributed by atoms with Crippen molar-refractivity contribution < 1.29 is 0 Å². The average Bonchev–Trinajstić information content (AvgIpc) is 2.04. The molecule has 0 heterocycles. The van der Waals surface area contributed by atoms with Crippen LogP contribution in [0.25, 0.3) is 0 Å². The smallest absolute Gasteiger partial charge is 0.00823 e. The van der Waals surface area contributed by atoms with Crippen LogP contribution in [0.4, 0.5) is 0 Å². The molecular formula is C8H19N3. The van der Waals surface area contributed by atoms with Crippen molar-refractivity contribution >= 4 is 0 Å². The Labute approximate surface area is 68.3 Å².